The Balaban J connectivity index is 1.87. The molecular formula is C18H28N2O. The summed E-state index contributed by atoms with van der Waals surface area (Å²) < 4.78 is 0. The lowest BCUT2D eigenvalue weighted by molar-refractivity contribution is 0.0923. The van der Waals surface area contributed by atoms with Gasteiger partial charge in [0.2, 0.25) is 0 Å². The quantitative estimate of drug-likeness (QED) is 0.872. The fourth-order valence-electron chi connectivity index (χ4n) is 3.22. The van der Waals surface area contributed by atoms with Gasteiger partial charge in [0.05, 0.1) is 0 Å². The van der Waals surface area contributed by atoms with Gasteiger partial charge in [-0.2, -0.15) is 0 Å². The number of benzene rings is 1. The molecule has 0 atom stereocenters. The molecule has 1 aliphatic rings. The van der Waals surface area contributed by atoms with Crippen LogP contribution in [-0.4, -0.2) is 24.5 Å². The van der Waals surface area contributed by atoms with Crippen molar-refractivity contribution in [1.82, 2.24) is 10.6 Å². The highest BCUT2D eigenvalue weighted by Crippen LogP contribution is 2.20. The van der Waals surface area contributed by atoms with Crippen LogP contribution in [0.1, 0.15) is 60.5 Å². The van der Waals surface area contributed by atoms with Crippen molar-refractivity contribution in [2.45, 2.75) is 65.0 Å². The summed E-state index contributed by atoms with van der Waals surface area (Å²) in [4.78, 5) is 12.5. The van der Waals surface area contributed by atoms with Gasteiger partial charge in [0, 0.05) is 17.6 Å². The summed E-state index contributed by atoms with van der Waals surface area (Å²) in [7, 11) is 0. The van der Waals surface area contributed by atoms with Crippen LogP contribution in [0.25, 0.3) is 0 Å². The maximum atomic E-state index is 12.5. The van der Waals surface area contributed by atoms with Gasteiger partial charge in [-0.1, -0.05) is 25.1 Å². The number of nitrogens with one attached hydrogen (secondary N) is 2. The van der Waals surface area contributed by atoms with E-state index in [0.717, 1.165) is 48.9 Å². The highest BCUT2D eigenvalue weighted by molar-refractivity contribution is 5.97. The van der Waals surface area contributed by atoms with Crippen molar-refractivity contribution < 1.29 is 4.79 Å². The predicted molar refractivity (Wildman–Crippen MR) is 87.7 cm³/mol. The Bertz CT molecular complexity index is 456. The molecule has 3 heteroatoms. The summed E-state index contributed by atoms with van der Waals surface area (Å²) in [5, 5.41) is 6.81. The Hall–Kier alpha value is -1.35. The van der Waals surface area contributed by atoms with Crippen LogP contribution in [0.2, 0.25) is 0 Å². The average Bonchev–Trinajstić information content (AvgIpc) is 2.46. The van der Waals surface area contributed by atoms with Crippen molar-refractivity contribution in [3.63, 3.8) is 0 Å². The molecule has 0 spiro atoms. The van der Waals surface area contributed by atoms with Gasteiger partial charge in [-0.15, -0.1) is 0 Å². The first-order valence-corrected chi connectivity index (χ1v) is 8.22. The van der Waals surface area contributed by atoms with Crippen LogP contribution in [0.4, 0.5) is 0 Å². The average molecular weight is 288 g/mol. The van der Waals surface area contributed by atoms with Crippen molar-refractivity contribution in [2.24, 2.45) is 0 Å². The minimum atomic E-state index is 0.0931. The van der Waals surface area contributed by atoms with Gasteiger partial charge in [0.1, 0.15) is 0 Å². The molecule has 21 heavy (non-hydrogen) atoms. The van der Waals surface area contributed by atoms with Crippen molar-refractivity contribution in [3.05, 3.63) is 34.9 Å². The second-order valence-corrected chi connectivity index (χ2v) is 6.24. The topological polar surface area (TPSA) is 41.1 Å². The van der Waals surface area contributed by atoms with Crippen molar-refractivity contribution in [3.8, 4) is 0 Å². The standard InChI is InChI=1S/C18H28N2O/c1-4-12-19-15-8-10-16(11-9-15)20-18(21)17-13(2)6-5-7-14(17)3/h5-7,15-16,19H,4,8-12H2,1-3H3,(H,20,21). The largest absolute Gasteiger partial charge is 0.349 e. The fraction of sp³-hybridized carbons (Fsp3) is 0.611. The molecule has 1 fully saturated rings. The van der Waals surface area contributed by atoms with Gasteiger partial charge in [-0.05, 0) is 63.6 Å². The first-order chi connectivity index (χ1) is 10.1. The molecule has 116 valence electrons. The van der Waals surface area contributed by atoms with Crippen LogP contribution in [0, 0.1) is 13.8 Å². The zero-order chi connectivity index (χ0) is 15.2. The minimum Gasteiger partial charge on any atom is -0.349 e. The monoisotopic (exact) mass is 288 g/mol. The number of amides is 1. The maximum absolute atomic E-state index is 12.5. The maximum Gasteiger partial charge on any atom is 0.252 e. The number of rotatable bonds is 5. The molecule has 0 unspecified atom stereocenters. The Morgan fingerprint density at radius 1 is 1.10 bits per heavy atom. The van der Waals surface area contributed by atoms with Crippen LogP contribution in [-0.2, 0) is 0 Å². The Labute approximate surface area is 128 Å². The molecule has 0 aliphatic heterocycles. The van der Waals surface area contributed by atoms with Gasteiger partial charge >= 0.3 is 0 Å². The van der Waals surface area contributed by atoms with Gasteiger partial charge < -0.3 is 10.6 Å². The van der Waals surface area contributed by atoms with Gasteiger partial charge in [0.25, 0.3) is 5.91 Å². The zero-order valence-corrected chi connectivity index (χ0v) is 13.5. The Morgan fingerprint density at radius 3 is 2.24 bits per heavy atom. The molecular weight excluding hydrogens is 260 g/mol. The second-order valence-electron chi connectivity index (χ2n) is 6.24. The SMILES string of the molecule is CCCNC1CCC(NC(=O)c2c(C)cccc2C)CC1. The van der Waals surface area contributed by atoms with E-state index in [1.54, 1.807) is 0 Å². The van der Waals surface area contributed by atoms with Crippen LogP contribution >= 0.6 is 0 Å². The molecule has 0 heterocycles. The minimum absolute atomic E-state index is 0.0931. The van der Waals surface area contributed by atoms with Crippen molar-refractivity contribution in [1.29, 1.82) is 0 Å². The normalized spacial score (nSPS) is 22.0. The molecule has 2 N–H and O–H groups in total. The van der Waals surface area contributed by atoms with Crippen LogP contribution in [0.5, 0.6) is 0 Å². The van der Waals surface area contributed by atoms with Gasteiger partial charge in [0.15, 0.2) is 0 Å². The second kappa shape index (κ2) is 7.60. The van der Waals surface area contributed by atoms with E-state index in [1.807, 2.05) is 32.0 Å². The van der Waals surface area contributed by atoms with E-state index < -0.39 is 0 Å². The lowest BCUT2D eigenvalue weighted by Crippen LogP contribution is -2.42. The van der Waals surface area contributed by atoms with E-state index in [-0.39, 0.29) is 5.91 Å². The number of aryl methyl sites for hydroxylation is 2. The van der Waals surface area contributed by atoms with Crippen LogP contribution in [0.3, 0.4) is 0 Å². The van der Waals surface area contributed by atoms with E-state index in [4.69, 9.17) is 0 Å². The smallest absolute Gasteiger partial charge is 0.252 e. The molecule has 1 aromatic rings. The Morgan fingerprint density at radius 2 is 1.67 bits per heavy atom. The third-order valence-electron chi connectivity index (χ3n) is 4.45. The molecule has 0 aromatic heterocycles. The molecule has 3 nitrogen and oxygen atoms in total. The van der Waals surface area contributed by atoms with E-state index in [1.165, 1.54) is 6.42 Å². The van der Waals surface area contributed by atoms with E-state index >= 15 is 0 Å². The molecule has 1 aromatic carbocycles. The molecule has 0 saturated heterocycles. The highest BCUT2D eigenvalue weighted by Gasteiger charge is 2.23. The summed E-state index contributed by atoms with van der Waals surface area (Å²) in [5.41, 5.74) is 2.97. The lowest BCUT2D eigenvalue weighted by atomic mass is 9.90. The number of hydrogen-bond donors (Lipinski definition) is 2. The third kappa shape index (κ3) is 4.31. The van der Waals surface area contributed by atoms with Crippen LogP contribution in [0.15, 0.2) is 18.2 Å². The van der Waals surface area contributed by atoms with Crippen molar-refractivity contribution in [2.75, 3.05) is 6.54 Å². The molecule has 1 amide bonds. The number of carbonyl (C=O) groups is 1. The van der Waals surface area contributed by atoms with Gasteiger partial charge in [-0.3, -0.25) is 4.79 Å². The predicted octanol–water partition coefficient (Wildman–Crippen LogP) is 3.34. The van der Waals surface area contributed by atoms with E-state index in [0.29, 0.717) is 12.1 Å². The third-order valence-corrected chi connectivity index (χ3v) is 4.45. The van der Waals surface area contributed by atoms with Gasteiger partial charge in [-0.25, -0.2) is 0 Å². The molecule has 0 radical (unpaired) electrons. The molecule has 0 bridgehead atoms. The lowest BCUT2D eigenvalue weighted by Gasteiger charge is -2.30. The summed E-state index contributed by atoms with van der Waals surface area (Å²) in [5.74, 6) is 0.0931. The highest BCUT2D eigenvalue weighted by atomic mass is 16.1. The van der Waals surface area contributed by atoms with Crippen molar-refractivity contribution >= 4 is 5.91 Å². The first-order valence-electron chi connectivity index (χ1n) is 8.22. The van der Waals surface area contributed by atoms with Crippen LogP contribution < -0.4 is 10.6 Å². The zero-order valence-electron chi connectivity index (χ0n) is 13.5. The van der Waals surface area contributed by atoms with E-state index in [2.05, 4.69) is 17.6 Å². The first kappa shape index (κ1) is 16.0. The Kier molecular flexibility index (Phi) is 5.80. The molecule has 2 rings (SSSR count). The molecule has 1 aliphatic carbocycles. The number of carbonyl (C=O) groups excluding carboxylic acids is 1. The summed E-state index contributed by atoms with van der Waals surface area (Å²) in [6.45, 7) is 7.31. The summed E-state index contributed by atoms with van der Waals surface area (Å²) >= 11 is 0. The summed E-state index contributed by atoms with van der Waals surface area (Å²) in [6.07, 6.45) is 5.68. The summed E-state index contributed by atoms with van der Waals surface area (Å²) in [6, 6.07) is 6.99. The fourth-order valence-corrected chi connectivity index (χ4v) is 3.22. The number of hydrogen-bond acceptors (Lipinski definition) is 2. The molecule has 1 saturated carbocycles. The van der Waals surface area contributed by atoms with E-state index in [9.17, 15) is 4.79 Å².